The molecule has 1 atom stereocenters. The highest BCUT2D eigenvalue weighted by Gasteiger charge is 2.61. The first-order valence-electron chi connectivity index (χ1n) is 11.3. The molecule has 0 bridgehead atoms. The summed E-state index contributed by atoms with van der Waals surface area (Å²) >= 11 is 1.31. The van der Waals surface area contributed by atoms with Crippen LogP contribution in [0.15, 0.2) is 72.8 Å². The number of hydrogen-bond acceptors (Lipinski definition) is 4. The van der Waals surface area contributed by atoms with Crippen LogP contribution in [-0.2, 0) is 25.7 Å². The maximum Gasteiger partial charge on any atom is 0.269 e. The van der Waals surface area contributed by atoms with E-state index in [1.54, 1.807) is 4.90 Å². The van der Waals surface area contributed by atoms with Gasteiger partial charge >= 0.3 is 0 Å². The fourth-order valence-corrected chi connectivity index (χ4v) is 6.01. The third kappa shape index (κ3) is 3.56. The molecule has 3 aromatic rings. The highest BCUT2D eigenvalue weighted by molar-refractivity contribution is 8.02. The number of amides is 3. The maximum absolute atomic E-state index is 14.0. The summed E-state index contributed by atoms with van der Waals surface area (Å²) in [5.41, 5.74) is 4.94. The van der Waals surface area contributed by atoms with Crippen LogP contribution in [0.3, 0.4) is 0 Å². The molecule has 1 spiro atoms. The van der Waals surface area contributed by atoms with Gasteiger partial charge in [-0.05, 0) is 54.8 Å². The van der Waals surface area contributed by atoms with Crippen molar-refractivity contribution in [2.24, 2.45) is 0 Å². The van der Waals surface area contributed by atoms with E-state index < -0.39 is 4.87 Å². The van der Waals surface area contributed by atoms with Gasteiger partial charge in [0, 0.05) is 16.9 Å². The van der Waals surface area contributed by atoms with Gasteiger partial charge in [-0.25, -0.2) is 0 Å². The second-order valence-corrected chi connectivity index (χ2v) is 9.68. The Kier molecular flexibility index (Phi) is 5.65. The Bertz CT molecular complexity index is 1290. The Morgan fingerprint density at radius 2 is 1.79 bits per heavy atom. The minimum atomic E-state index is -1.22. The predicted molar refractivity (Wildman–Crippen MR) is 136 cm³/mol. The molecule has 5 rings (SSSR count). The third-order valence-electron chi connectivity index (χ3n) is 6.27. The van der Waals surface area contributed by atoms with E-state index in [0.717, 1.165) is 17.5 Å². The lowest BCUT2D eigenvalue weighted by Gasteiger charge is -2.33. The molecule has 0 saturated carbocycles. The van der Waals surface area contributed by atoms with Crippen molar-refractivity contribution in [2.75, 3.05) is 27.4 Å². The fraction of sp³-hybridized carbons (Fsp3) is 0.222. The molecule has 1 saturated heterocycles. The Morgan fingerprint density at radius 3 is 2.53 bits per heavy atom. The molecule has 1 N–H and O–H groups in total. The summed E-state index contributed by atoms with van der Waals surface area (Å²) in [6.07, 6.45) is 0.920. The van der Waals surface area contributed by atoms with Gasteiger partial charge in [0.2, 0.25) is 16.7 Å². The summed E-state index contributed by atoms with van der Waals surface area (Å²) in [7, 11) is 0. The normalized spacial score (nSPS) is 19.1. The van der Waals surface area contributed by atoms with Crippen LogP contribution in [0.25, 0.3) is 0 Å². The molecule has 6 nitrogen and oxygen atoms in total. The standard InChI is InChI=1S/C27H25N3O3S/c1-3-19-11-13-20(14-12-19)28-24(31)16-29-23-10-5-4-9-22(23)27(26(29)33)30(25(32)17-34-27)21-8-6-7-18(2)15-21/h4-15H,3,16-17H2,1-2H3,(H,28,31)/t27-/m0/s1. The number of carbonyl (C=O) groups is 3. The van der Waals surface area contributed by atoms with Gasteiger partial charge in [0.15, 0.2) is 0 Å². The molecule has 2 aliphatic rings. The minimum Gasteiger partial charge on any atom is -0.325 e. The average molecular weight is 472 g/mol. The third-order valence-corrected chi connectivity index (χ3v) is 7.66. The van der Waals surface area contributed by atoms with Crippen molar-refractivity contribution in [1.29, 1.82) is 0 Å². The van der Waals surface area contributed by atoms with E-state index in [9.17, 15) is 14.4 Å². The number of hydrogen-bond donors (Lipinski definition) is 1. The van der Waals surface area contributed by atoms with Crippen molar-refractivity contribution >= 4 is 46.5 Å². The van der Waals surface area contributed by atoms with Crippen LogP contribution in [0.4, 0.5) is 17.1 Å². The Hall–Kier alpha value is -3.58. The van der Waals surface area contributed by atoms with Crippen LogP contribution in [0.2, 0.25) is 0 Å². The summed E-state index contributed by atoms with van der Waals surface area (Å²) in [4.78, 5) is 41.9. The van der Waals surface area contributed by atoms with E-state index in [0.29, 0.717) is 17.1 Å². The maximum atomic E-state index is 14.0. The Labute approximate surface area is 202 Å². The average Bonchev–Trinajstić information content (AvgIpc) is 3.30. The van der Waals surface area contributed by atoms with E-state index >= 15 is 0 Å². The zero-order valence-electron chi connectivity index (χ0n) is 19.1. The van der Waals surface area contributed by atoms with Gasteiger partial charge in [-0.15, -0.1) is 11.8 Å². The molecule has 0 aromatic heterocycles. The van der Waals surface area contributed by atoms with Crippen LogP contribution in [0.5, 0.6) is 0 Å². The van der Waals surface area contributed by atoms with Crippen LogP contribution in [-0.4, -0.2) is 30.0 Å². The van der Waals surface area contributed by atoms with Gasteiger partial charge in [0.25, 0.3) is 5.91 Å². The SMILES string of the molecule is CCc1ccc(NC(=O)CN2C(=O)[C@@]3(SCC(=O)N3c3cccc(C)c3)c3ccccc32)cc1. The lowest BCUT2D eigenvalue weighted by molar-refractivity contribution is -0.124. The van der Waals surface area contributed by atoms with E-state index in [-0.39, 0.29) is 30.0 Å². The quantitative estimate of drug-likeness (QED) is 0.596. The van der Waals surface area contributed by atoms with Crippen molar-refractivity contribution in [1.82, 2.24) is 0 Å². The van der Waals surface area contributed by atoms with Gasteiger partial charge in [-0.2, -0.15) is 0 Å². The number of para-hydroxylation sites is 1. The van der Waals surface area contributed by atoms with Crippen molar-refractivity contribution in [2.45, 2.75) is 25.1 Å². The van der Waals surface area contributed by atoms with Gasteiger partial charge in [-0.3, -0.25) is 24.2 Å². The largest absolute Gasteiger partial charge is 0.325 e. The van der Waals surface area contributed by atoms with Gasteiger partial charge < -0.3 is 5.32 Å². The van der Waals surface area contributed by atoms with E-state index in [2.05, 4.69) is 12.2 Å². The first kappa shape index (κ1) is 22.2. The highest BCUT2D eigenvalue weighted by atomic mass is 32.2. The number of rotatable bonds is 5. The van der Waals surface area contributed by atoms with Crippen molar-refractivity contribution in [3.8, 4) is 0 Å². The topological polar surface area (TPSA) is 69.7 Å². The number of nitrogens with zero attached hydrogens (tertiary/aromatic N) is 2. The van der Waals surface area contributed by atoms with Crippen molar-refractivity contribution < 1.29 is 14.4 Å². The van der Waals surface area contributed by atoms with Crippen LogP contribution < -0.4 is 15.1 Å². The summed E-state index contributed by atoms with van der Waals surface area (Å²) in [5, 5.41) is 2.89. The molecule has 34 heavy (non-hydrogen) atoms. The van der Waals surface area contributed by atoms with Gasteiger partial charge in [0.05, 0.1) is 11.4 Å². The molecule has 3 amide bonds. The van der Waals surface area contributed by atoms with Gasteiger partial charge in [-0.1, -0.05) is 49.4 Å². The second kappa shape index (κ2) is 8.65. The lowest BCUT2D eigenvalue weighted by Crippen LogP contribution is -2.50. The molecule has 2 aliphatic heterocycles. The molecule has 0 aliphatic carbocycles. The predicted octanol–water partition coefficient (Wildman–Crippen LogP) is 4.48. The Balaban J connectivity index is 1.48. The molecule has 0 unspecified atom stereocenters. The number of thioether (sulfide) groups is 1. The Morgan fingerprint density at radius 1 is 1.03 bits per heavy atom. The molecular weight excluding hydrogens is 446 g/mol. The molecule has 172 valence electrons. The van der Waals surface area contributed by atoms with E-state index in [1.165, 1.54) is 22.2 Å². The van der Waals surface area contributed by atoms with Crippen molar-refractivity contribution in [3.05, 3.63) is 89.5 Å². The zero-order chi connectivity index (χ0) is 23.9. The molecule has 0 radical (unpaired) electrons. The van der Waals surface area contributed by atoms with Crippen LogP contribution in [0, 0.1) is 6.92 Å². The smallest absolute Gasteiger partial charge is 0.269 e. The van der Waals surface area contributed by atoms with Crippen LogP contribution in [0.1, 0.15) is 23.6 Å². The lowest BCUT2D eigenvalue weighted by atomic mass is 10.0. The molecule has 3 aromatic carbocycles. The summed E-state index contributed by atoms with van der Waals surface area (Å²) < 4.78 is 0. The molecule has 7 heteroatoms. The van der Waals surface area contributed by atoms with Crippen molar-refractivity contribution in [3.63, 3.8) is 0 Å². The minimum absolute atomic E-state index is 0.124. The highest BCUT2D eigenvalue weighted by Crippen LogP contribution is 2.55. The number of aryl methyl sites for hydroxylation is 2. The summed E-state index contributed by atoms with van der Waals surface area (Å²) in [5.74, 6) is -0.498. The molecule has 1 fully saturated rings. The molecular formula is C27H25N3O3S. The summed E-state index contributed by atoms with van der Waals surface area (Å²) in [6, 6.07) is 22.7. The zero-order valence-corrected chi connectivity index (χ0v) is 19.9. The van der Waals surface area contributed by atoms with E-state index in [4.69, 9.17) is 0 Å². The van der Waals surface area contributed by atoms with E-state index in [1.807, 2.05) is 79.7 Å². The first-order chi connectivity index (χ1) is 16.4. The first-order valence-corrected chi connectivity index (χ1v) is 12.3. The number of benzene rings is 3. The number of nitrogens with one attached hydrogen (secondary N) is 1. The second-order valence-electron chi connectivity index (χ2n) is 8.51. The van der Waals surface area contributed by atoms with Gasteiger partial charge in [0.1, 0.15) is 6.54 Å². The molecule has 2 heterocycles. The monoisotopic (exact) mass is 471 g/mol. The summed E-state index contributed by atoms with van der Waals surface area (Å²) in [6.45, 7) is 3.90. The number of fused-ring (bicyclic) bond motifs is 2. The fourth-order valence-electron chi connectivity index (χ4n) is 4.65. The number of anilines is 3. The number of carbonyl (C=O) groups excluding carboxylic acids is 3. The van der Waals surface area contributed by atoms with Crippen LogP contribution >= 0.6 is 11.8 Å².